The summed E-state index contributed by atoms with van der Waals surface area (Å²) in [5.74, 6) is -3.39. The molecule has 0 spiro atoms. The van der Waals surface area contributed by atoms with Gasteiger partial charge in [-0.3, -0.25) is 28.5 Å². The number of benzene rings is 2. The molecule has 64 heavy (non-hydrogen) atoms. The topological polar surface area (TPSA) is 167 Å². The molecule has 16 heteroatoms. The van der Waals surface area contributed by atoms with E-state index < -0.39 is 55.7 Å². The van der Waals surface area contributed by atoms with E-state index in [2.05, 4.69) is 4.72 Å². The van der Waals surface area contributed by atoms with Crippen LogP contribution in [0.25, 0.3) is 32.9 Å². The lowest BCUT2D eigenvalue weighted by Crippen LogP contribution is -2.47. The molecule has 4 heterocycles. The fraction of sp³-hybridized carbons (Fsp3) is 0.542. The number of ketones is 1. The number of nitrogens with one attached hydrogen (secondary N) is 1. The maximum absolute atomic E-state index is 14.9. The van der Waals surface area contributed by atoms with Gasteiger partial charge in [0.15, 0.2) is 5.78 Å². The first-order valence-corrected chi connectivity index (χ1v) is 24.8. The number of hydrogen-bond donors (Lipinski definition) is 1. The molecule has 3 fully saturated rings. The molecule has 0 bridgehead atoms. The van der Waals surface area contributed by atoms with Gasteiger partial charge in [0, 0.05) is 41.3 Å². The van der Waals surface area contributed by atoms with E-state index in [0.717, 1.165) is 30.3 Å². The molecular weight excluding hydrogens is 858 g/mol. The number of nitrogens with zero attached hydrogens (tertiary/aromatic N) is 4. The van der Waals surface area contributed by atoms with Crippen molar-refractivity contribution < 1.29 is 41.5 Å². The number of carbonyl (C=O) groups is 4. The SMILES string of the molecule is CC(C)n1c(O[C@@H]2C[C@H]3C(=O)C[C@]4(C(=O)NS(=O)(=O)C5(C)CC5)C[C@H]4/C=C\CCCCC[C@H](CC(=O)OC(C)(C)C)C(=O)N3C2)nc2c(-c3nc(-c4cccc(F)c4)cs3)cccc21. The third-order valence-electron chi connectivity index (χ3n) is 13.1. The summed E-state index contributed by atoms with van der Waals surface area (Å²) in [6.07, 6.45) is 7.53. The van der Waals surface area contributed by atoms with Crippen molar-refractivity contribution in [1.29, 1.82) is 0 Å². The minimum atomic E-state index is -3.98. The smallest absolute Gasteiger partial charge is 0.307 e. The molecule has 5 atom stereocenters. The molecular formula is C48H58FN5O8S2. The number of carbonyl (C=O) groups excluding carboxylic acids is 4. The van der Waals surface area contributed by atoms with Crippen LogP contribution in [-0.4, -0.2) is 80.5 Å². The summed E-state index contributed by atoms with van der Waals surface area (Å²) in [6, 6.07) is 11.2. The highest BCUT2D eigenvalue weighted by Crippen LogP contribution is 2.58. The normalized spacial score (nSPS) is 25.5. The van der Waals surface area contributed by atoms with Crippen LogP contribution in [0.4, 0.5) is 4.39 Å². The first kappa shape index (κ1) is 45.6. The summed E-state index contributed by atoms with van der Waals surface area (Å²) >= 11 is 1.42. The number of sulfonamides is 1. The second kappa shape index (κ2) is 17.4. The molecule has 2 aromatic heterocycles. The Hall–Kier alpha value is -4.96. The molecule has 2 aliphatic carbocycles. The standard InChI is InChI=1S/C48H58FN5O8S2/c1-29(2)54-37-19-13-18-35(42-50-36(28-63-42)30-15-12-17-33(49)22-30)41(37)51-45(54)61-34-24-38-39(55)26-48(44(58)52-64(59,60)47(6)20-21-47)25-32(48)16-11-9-7-8-10-14-31(43(57)53(38)27-34)23-40(56)62-46(3,4)5/h11-13,15-19,22,28-29,31-32,34,38H,7-10,14,20-21,23-27H2,1-6H3,(H,52,58)/b16-11-/t31-,32-,34-,38+,48-/m1/s1. The van der Waals surface area contributed by atoms with Crippen LogP contribution in [0.2, 0.25) is 0 Å². The highest BCUT2D eigenvalue weighted by molar-refractivity contribution is 7.91. The number of rotatable bonds is 10. The largest absolute Gasteiger partial charge is 0.460 e. The highest BCUT2D eigenvalue weighted by Gasteiger charge is 2.62. The van der Waals surface area contributed by atoms with Gasteiger partial charge in [0.05, 0.1) is 40.4 Å². The molecule has 1 N–H and O–H groups in total. The van der Waals surface area contributed by atoms with Gasteiger partial charge in [0.2, 0.25) is 21.8 Å². The van der Waals surface area contributed by atoms with Crippen molar-refractivity contribution in [3.63, 3.8) is 0 Å². The molecule has 2 aliphatic heterocycles. The van der Waals surface area contributed by atoms with Crippen LogP contribution in [0.1, 0.15) is 118 Å². The molecule has 1 saturated heterocycles. The van der Waals surface area contributed by atoms with E-state index in [1.54, 1.807) is 39.8 Å². The van der Waals surface area contributed by atoms with Crippen molar-refractivity contribution in [2.24, 2.45) is 17.3 Å². The summed E-state index contributed by atoms with van der Waals surface area (Å²) in [4.78, 5) is 68.4. The minimum Gasteiger partial charge on any atom is -0.460 e. The first-order chi connectivity index (χ1) is 30.3. The molecule has 2 saturated carbocycles. The third kappa shape index (κ3) is 9.40. The Kier molecular flexibility index (Phi) is 12.4. The maximum Gasteiger partial charge on any atom is 0.307 e. The monoisotopic (exact) mass is 915 g/mol. The number of ether oxygens (including phenoxy) is 2. The molecule has 4 aliphatic rings. The number of Topliss-reactive ketones (excluding diaryl/α,β-unsaturated/α-hetero) is 1. The average molecular weight is 916 g/mol. The van der Waals surface area contributed by atoms with Gasteiger partial charge in [0.25, 0.3) is 6.01 Å². The van der Waals surface area contributed by atoms with Gasteiger partial charge in [-0.15, -0.1) is 11.3 Å². The maximum atomic E-state index is 14.9. The minimum absolute atomic E-state index is 0.0208. The van der Waals surface area contributed by atoms with Crippen molar-refractivity contribution in [3.05, 3.63) is 65.8 Å². The number of para-hydroxylation sites is 1. The van der Waals surface area contributed by atoms with Crippen LogP contribution in [0.5, 0.6) is 6.01 Å². The van der Waals surface area contributed by atoms with Gasteiger partial charge >= 0.3 is 5.97 Å². The van der Waals surface area contributed by atoms with Crippen molar-refractivity contribution in [2.75, 3.05) is 6.54 Å². The zero-order chi connectivity index (χ0) is 45.8. The third-order valence-corrected chi connectivity index (χ3v) is 16.2. The Bertz CT molecular complexity index is 2610. The van der Waals surface area contributed by atoms with E-state index in [9.17, 15) is 32.0 Å². The number of hydrogen-bond acceptors (Lipinski definition) is 11. The first-order valence-electron chi connectivity index (χ1n) is 22.5. The van der Waals surface area contributed by atoms with Crippen LogP contribution in [0, 0.1) is 23.1 Å². The van der Waals surface area contributed by atoms with Gasteiger partial charge in [-0.05, 0) is 110 Å². The van der Waals surface area contributed by atoms with Crippen LogP contribution >= 0.6 is 11.3 Å². The van der Waals surface area contributed by atoms with E-state index in [1.807, 2.05) is 54.1 Å². The Morgan fingerprint density at radius 2 is 1.83 bits per heavy atom. The van der Waals surface area contributed by atoms with E-state index in [0.29, 0.717) is 59.9 Å². The molecule has 8 rings (SSSR count). The number of esters is 1. The molecule has 0 unspecified atom stereocenters. The number of fused-ring (bicyclic) bond motifs is 3. The molecule has 2 aromatic carbocycles. The number of amides is 2. The zero-order valence-corrected chi connectivity index (χ0v) is 39.0. The Morgan fingerprint density at radius 1 is 1.06 bits per heavy atom. The Labute approximate surface area is 378 Å². The van der Waals surface area contributed by atoms with Crippen molar-refractivity contribution in [3.8, 4) is 27.8 Å². The number of allylic oxidation sites excluding steroid dienone is 2. The Balaban J connectivity index is 1.12. The van der Waals surface area contributed by atoms with Crippen molar-refractivity contribution >= 4 is 56.0 Å². The lowest BCUT2D eigenvalue weighted by molar-refractivity contribution is -0.159. The summed E-state index contributed by atoms with van der Waals surface area (Å²) in [5, 5.41) is 2.57. The summed E-state index contributed by atoms with van der Waals surface area (Å²) in [7, 11) is -3.98. The van der Waals surface area contributed by atoms with Crippen LogP contribution in [-0.2, 0) is 33.9 Å². The number of thiazole rings is 1. The highest BCUT2D eigenvalue weighted by atomic mass is 32.2. The van der Waals surface area contributed by atoms with Crippen molar-refractivity contribution in [2.45, 2.75) is 141 Å². The second-order valence-electron chi connectivity index (χ2n) is 19.6. The van der Waals surface area contributed by atoms with Gasteiger partial charge < -0.3 is 14.4 Å². The van der Waals surface area contributed by atoms with Gasteiger partial charge in [-0.25, -0.2) is 17.8 Å². The number of aromatic nitrogens is 3. The number of imidazole rings is 1. The quantitative estimate of drug-likeness (QED) is 0.120. The predicted molar refractivity (Wildman–Crippen MR) is 242 cm³/mol. The van der Waals surface area contributed by atoms with E-state index in [4.69, 9.17) is 19.4 Å². The van der Waals surface area contributed by atoms with E-state index >= 15 is 0 Å². The Morgan fingerprint density at radius 3 is 2.55 bits per heavy atom. The van der Waals surface area contributed by atoms with Gasteiger partial charge in [-0.2, -0.15) is 4.98 Å². The predicted octanol–water partition coefficient (Wildman–Crippen LogP) is 8.73. The van der Waals surface area contributed by atoms with E-state index in [-0.39, 0.29) is 55.3 Å². The molecule has 4 aromatic rings. The van der Waals surface area contributed by atoms with Crippen LogP contribution < -0.4 is 9.46 Å². The van der Waals surface area contributed by atoms with Gasteiger partial charge in [0.1, 0.15) is 28.0 Å². The van der Waals surface area contributed by atoms with Gasteiger partial charge in [-0.1, -0.05) is 43.2 Å². The van der Waals surface area contributed by atoms with Crippen LogP contribution in [0.15, 0.2) is 60.0 Å². The summed E-state index contributed by atoms with van der Waals surface area (Å²) in [6.45, 7) is 11.0. The van der Waals surface area contributed by atoms with E-state index in [1.165, 1.54) is 28.4 Å². The average Bonchev–Trinajstić information content (AvgIpc) is 3.89. The lowest BCUT2D eigenvalue weighted by Gasteiger charge is -2.29. The molecule has 342 valence electrons. The summed E-state index contributed by atoms with van der Waals surface area (Å²) in [5.41, 5.74) is 1.43. The zero-order valence-electron chi connectivity index (χ0n) is 37.4. The fourth-order valence-electron chi connectivity index (χ4n) is 9.18. The van der Waals surface area contributed by atoms with Crippen molar-refractivity contribution in [1.82, 2.24) is 24.2 Å². The lowest BCUT2D eigenvalue weighted by atomic mass is 9.90. The molecule has 2 amide bonds. The molecule has 13 nitrogen and oxygen atoms in total. The number of halogens is 1. The fourth-order valence-corrected chi connectivity index (χ4v) is 11.4. The summed E-state index contributed by atoms with van der Waals surface area (Å²) < 4.78 is 56.5. The molecule has 0 radical (unpaired) electrons. The second-order valence-corrected chi connectivity index (χ2v) is 22.7. The van der Waals surface area contributed by atoms with Crippen LogP contribution in [0.3, 0.4) is 0 Å².